The molecule has 0 radical (unpaired) electrons. The van der Waals surface area contributed by atoms with Crippen molar-refractivity contribution in [3.05, 3.63) is 70.5 Å². The highest BCUT2D eigenvalue weighted by Crippen LogP contribution is 2.21. The molecular weight excluding hydrogens is 406 g/mol. The smallest absolute Gasteiger partial charge is 0.291 e. The van der Waals surface area contributed by atoms with Gasteiger partial charge in [0.1, 0.15) is 17.4 Å². The Balaban J connectivity index is 1.39. The maximum Gasteiger partial charge on any atom is 0.291 e. The highest BCUT2D eigenvalue weighted by Gasteiger charge is 2.22. The Morgan fingerprint density at radius 3 is 2.75 bits per heavy atom. The maximum atomic E-state index is 13.1. The van der Waals surface area contributed by atoms with Gasteiger partial charge < -0.3 is 14.6 Å². The van der Waals surface area contributed by atoms with Crippen LogP contribution in [0.3, 0.4) is 0 Å². The Kier molecular flexibility index (Phi) is 6.41. The van der Waals surface area contributed by atoms with E-state index in [4.69, 9.17) is 4.42 Å². The number of aryl methyl sites for hydroxylation is 1. The van der Waals surface area contributed by atoms with E-state index >= 15 is 0 Å². The minimum Gasteiger partial charge on any atom is -0.463 e. The number of hydrogen-bond donors (Lipinski definition) is 1. The molecule has 0 saturated heterocycles. The summed E-state index contributed by atoms with van der Waals surface area (Å²) in [5, 5.41) is 7.45. The van der Waals surface area contributed by atoms with E-state index in [1.54, 1.807) is 19.3 Å². The fraction of sp³-hybridized carbons (Fsp3) is 0.375. The molecule has 1 atom stereocenters. The number of amides is 1. The lowest BCUT2D eigenvalue weighted by Crippen LogP contribution is -2.39. The van der Waals surface area contributed by atoms with Gasteiger partial charge in [0.25, 0.3) is 5.56 Å². The molecule has 1 aromatic carbocycles. The standard InChI is InChI=1S/C24H29N5O3/c1-4-22-26-29(24(31)20-15-21-19(28(20)22)11-14-32-21)17(2)23(30)25-12-8-13-27(3)16-18-9-6-5-7-10-18/h5-7,9-11,14-15,17H,4,8,12-13,16H2,1-3H3,(H,25,30)/t17-/m0/s1. The second-order valence-electron chi connectivity index (χ2n) is 8.10. The normalized spacial score (nSPS) is 12.6. The van der Waals surface area contributed by atoms with Crippen LogP contribution in [0.15, 0.2) is 57.9 Å². The molecule has 0 fully saturated rings. The van der Waals surface area contributed by atoms with Gasteiger partial charge in [-0.15, -0.1) is 0 Å². The zero-order valence-electron chi connectivity index (χ0n) is 18.7. The Bertz CT molecular complexity index is 1270. The Morgan fingerprint density at radius 1 is 1.22 bits per heavy atom. The summed E-state index contributed by atoms with van der Waals surface area (Å²) in [5.41, 5.74) is 2.86. The first-order valence-electron chi connectivity index (χ1n) is 11.0. The van der Waals surface area contributed by atoms with Gasteiger partial charge >= 0.3 is 0 Å². The van der Waals surface area contributed by atoms with Crippen molar-refractivity contribution < 1.29 is 9.21 Å². The second kappa shape index (κ2) is 9.40. The molecule has 1 amide bonds. The van der Waals surface area contributed by atoms with Crippen molar-refractivity contribution in [2.24, 2.45) is 0 Å². The van der Waals surface area contributed by atoms with Crippen LogP contribution in [-0.4, -0.2) is 45.1 Å². The molecule has 4 rings (SSSR count). The van der Waals surface area contributed by atoms with Crippen molar-refractivity contribution in [2.45, 2.75) is 39.3 Å². The van der Waals surface area contributed by atoms with E-state index in [0.29, 0.717) is 29.9 Å². The topological polar surface area (TPSA) is 84.8 Å². The highest BCUT2D eigenvalue weighted by molar-refractivity contribution is 5.83. The summed E-state index contributed by atoms with van der Waals surface area (Å²) < 4.78 is 8.54. The van der Waals surface area contributed by atoms with E-state index in [-0.39, 0.29) is 11.5 Å². The molecule has 1 N–H and O–H groups in total. The zero-order valence-corrected chi connectivity index (χ0v) is 18.7. The molecule has 0 aliphatic rings. The van der Waals surface area contributed by atoms with E-state index in [2.05, 4.69) is 34.5 Å². The number of fused-ring (bicyclic) bond motifs is 3. The molecule has 168 valence electrons. The number of hydrogen-bond acceptors (Lipinski definition) is 5. The van der Waals surface area contributed by atoms with Crippen molar-refractivity contribution in [3.63, 3.8) is 0 Å². The third kappa shape index (κ3) is 4.31. The molecule has 0 bridgehead atoms. The summed E-state index contributed by atoms with van der Waals surface area (Å²) in [6, 6.07) is 13.1. The van der Waals surface area contributed by atoms with Crippen LogP contribution in [0.2, 0.25) is 0 Å². The molecule has 0 aliphatic carbocycles. The lowest BCUT2D eigenvalue weighted by Gasteiger charge is -2.18. The van der Waals surface area contributed by atoms with Gasteiger partial charge in [-0.25, -0.2) is 4.68 Å². The lowest BCUT2D eigenvalue weighted by molar-refractivity contribution is -0.124. The number of nitrogens with zero attached hydrogens (tertiary/aromatic N) is 4. The number of nitrogens with one attached hydrogen (secondary N) is 1. The molecule has 8 heteroatoms. The molecule has 4 aromatic rings. The van der Waals surface area contributed by atoms with Crippen LogP contribution >= 0.6 is 0 Å². The molecule has 8 nitrogen and oxygen atoms in total. The van der Waals surface area contributed by atoms with Crippen LogP contribution in [0.4, 0.5) is 0 Å². The summed E-state index contributed by atoms with van der Waals surface area (Å²) >= 11 is 0. The lowest BCUT2D eigenvalue weighted by atomic mass is 10.2. The van der Waals surface area contributed by atoms with Crippen molar-refractivity contribution >= 4 is 22.5 Å². The van der Waals surface area contributed by atoms with Gasteiger partial charge in [0.15, 0.2) is 5.58 Å². The minimum atomic E-state index is -0.707. The van der Waals surface area contributed by atoms with Gasteiger partial charge in [0.05, 0.1) is 11.8 Å². The van der Waals surface area contributed by atoms with Crippen molar-refractivity contribution in [3.8, 4) is 0 Å². The quantitative estimate of drug-likeness (QED) is 0.409. The minimum absolute atomic E-state index is 0.216. The molecule has 0 aliphatic heterocycles. The van der Waals surface area contributed by atoms with Crippen LogP contribution in [0.25, 0.3) is 16.6 Å². The number of carbonyl (C=O) groups is 1. The van der Waals surface area contributed by atoms with Crippen molar-refractivity contribution in [2.75, 3.05) is 20.1 Å². The number of aromatic nitrogens is 3. The van der Waals surface area contributed by atoms with Crippen LogP contribution in [0.5, 0.6) is 0 Å². The van der Waals surface area contributed by atoms with Gasteiger partial charge in [-0.2, -0.15) is 5.10 Å². The predicted octanol–water partition coefficient (Wildman–Crippen LogP) is 3.00. The summed E-state index contributed by atoms with van der Waals surface area (Å²) in [6.07, 6.45) is 3.03. The molecule has 0 spiro atoms. The molecule has 0 saturated carbocycles. The third-order valence-electron chi connectivity index (χ3n) is 5.71. The number of furan rings is 1. The van der Waals surface area contributed by atoms with Crippen molar-refractivity contribution in [1.29, 1.82) is 0 Å². The first-order chi connectivity index (χ1) is 15.5. The highest BCUT2D eigenvalue weighted by atomic mass is 16.3. The van der Waals surface area contributed by atoms with E-state index in [0.717, 1.165) is 25.0 Å². The van der Waals surface area contributed by atoms with Gasteiger partial charge in [-0.05, 0) is 32.5 Å². The van der Waals surface area contributed by atoms with E-state index in [1.165, 1.54) is 10.2 Å². The van der Waals surface area contributed by atoms with Gasteiger partial charge in [-0.3, -0.25) is 14.0 Å². The van der Waals surface area contributed by atoms with Crippen molar-refractivity contribution in [1.82, 2.24) is 24.4 Å². The zero-order chi connectivity index (χ0) is 22.7. The van der Waals surface area contributed by atoms with Crippen LogP contribution < -0.4 is 10.9 Å². The number of rotatable bonds is 9. The Labute approximate surface area is 186 Å². The van der Waals surface area contributed by atoms with Crippen LogP contribution in [-0.2, 0) is 17.8 Å². The number of benzene rings is 1. The molecular formula is C24H29N5O3. The first-order valence-corrected chi connectivity index (χ1v) is 11.0. The number of carbonyl (C=O) groups excluding carboxylic acids is 1. The Hall–Kier alpha value is -3.39. The van der Waals surface area contributed by atoms with Gasteiger partial charge in [0, 0.05) is 31.6 Å². The van der Waals surface area contributed by atoms with E-state index in [1.807, 2.05) is 35.6 Å². The van der Waals surface area contributed by atoms with Gasteiger partial charge in [-0.1, -0.05) is 37.3 Å². The summed E-state index contributed by atoms with van der Waals surface area (Å²) in [7, 11) is 2.07. The summed E-state index contributed by atoms with van der Waals surface area (Å²) in [5.74, 6) is 0.491. The third-order valence-corrected chi connectivity index (χ3v) is 5.71. The SMILES string of the molecule is CCc1nn([C@@H](C)C(=O)NCCCN(C)Cc2ccccc2)c(=O)c2cc3occc3n12. The summed E-state index contributed by atoms with van der Waals surface area (Å²) in [4.78, 5) is 28.0. The molecule has 3 heterocycles. The average molecular weight is 436 g/mol. The monoisotopic (exact) mass is 435 g/mol. The fourth-order valence-electron chi connectivity index (χ4n) is 3.98. The van der Waals surface area contributed by atoms with E-state index < -0.39 is 6.04 Å². The second-order valence-corrected chi connectivity index (χ2v) is 8.10. The Morgan fingerprint density at radius 2 is 2.00 bits per heavy atom. The predicted molar refractivity (Wildman–Crippen MR) is 124 cm³/mol. The van der Waals surface area contributed by atoms with Gasteiger partial charge in [0.2, 0.25) is 5.91 Å². The van der Waals surface area contributed by atoms with Crippen LogP contribution in [0.1, 0.15) is 37.7 Å². The largest absolute Gasteiger partial charge is 0.463 e. The molecule has 3 aromatic heterocycles. The van der Waals surface area contributed by atoms with Crippen LogP contribution in [0, 0.1) is 0 Å². The maximum absolute atomic E-state index is 13.1. The summed E-state index contributed by atoms with van der Waals surface area (Å²) in [6.45, 7) is 5.94. The molecule has 0 unspecified atom stereocenters. The fourth-order valence-corrected chi connectivity index (χ4v) is 3.98. The first kappa shape index (κ1) is 21.8. The van der Waals surface area contributed by atoms with E-state index in [9.17, 15) is 9.59 Å². The molecule has 32 heavy (non-hydrogen) atoms. The average Bonchev–Trinajstić information content (AvgIpc) is 3.39.